The third kappa shape index (κ3) is 3.10. The number of nitriles is 1. The van der Waals surface area contributed by atoms with Crippen LogP contribution in [0.4, 0.5) is 0 Å². The normalized spacial score (nSPS) is 10.4. The van der Waals surface area contributed by atoms with Crippen LogP contribution in [0.15, 0.2) is 48.8 Å². The van der Waals surface area contributed by atoms with Gasteiger partial charge < -0.3 is 9.30 Å². The van der Waals surface area contributed by atoms with Gasteiger partial charge in [-0.15, -0.1) is 11.3 Å². The molecular weight excluding hydrogens is 320 g/mol. The first-order chi connectivity index (χ1) is 11.6. The number of thiophene rings is 1. The van der Waals surface area contributed by atoms with Crippen molar-refractivity contribution in [1.82, 2.24) is 4.57 Å². The molecule has 0 N–H and O–H groups in total. The summed E-state index contributed by atoms with van der Waals surface area (Å²) >= 11 is 1.58. The van der Waals surface area contributed by atoms with Crippen LogP contribution in [-0.4, -0.2) is 10.5 Å². The summed E-state index contributed by atoms with van der Waals surface area (Å²) in [5, 5.41) is 9.69. The standard InChI is InChI=1S/C19H16N2O2S/c1-13-14(2)24-18(21-9-3-4-10-21)17(13)19(22)23-12-16-7-5-15(11-20)6-8-16/h3-10H,12H2,1-2H3. The van der Waals surface area contributed by atoms with E-state index in [0.717, 1.165) is 21.0 Å². The molecule has 3 aromatic rings. The second kappa shape index (κ2) is 6.73. The highest BCUT2D eigenvalue weighted by molar-refractivity contribution is 7.15. The minimum Gasteiger partial charge on any atom is -0.457 e. The Morgan fingerprint density at radius 3 is 2.50 bits per heavy atom. The molecule has 0 aliphatic heterocycles. The average molecular weight is 336 g/mol. The number of nitrogens with zero attached hydrogens (tertiary/aromatic N) is 2. The zero-order valence-electron chi connectivity index (χ0n) is 13.4. The quantitative estimate of drug-likeness (QED) is 0.664. The lowest BCUT2D eigenvalue weighted by molar-refractivity contribution is 0.0472. The Balaban J connectivity index is 1.81. The monoisotopic (exact) mass is 336 g/mol. The molecule has 0 radical (unpaired) electrons. The number of hydrogen-bond donors (Lipinski definition) is 0. The van der Waals surface area contributed by atoms with Gasteiger partial charge in [0.25, 0.3) is 0 Å². The van der Waals surface area contributed by atoms with Gasteiger partial charge in [0.1, 0.15) is 11.6 Å². The number of aryl methyl sites for hydroxylation is 1. The van der Waals surface area contributed by atoms with Gasteiger partial charge in [0.15, 0.2) is 0 Å². The predicted molar refractivity (Wildman–Crippen MR) is 93.4 cm³/mol. The van der Waals surface area contributed by atoms with E-state index < -0.39 is 0 Å². The molecule has 2 heterocycles. The molecule has 0 bridgehead atoms. The van der Waals surface area contributed by atoms with Gasteiger partial charge in [0, 0.05) is 17.3 Å². The van der Waals surface area contributed by atoms with E-state index in [9.17, 15) is 4.79 Å². The molecule has 5 heteroatoms. The van der Waals surface area contributed by atoms with Crippen molar-refractivity contribution in [3.05, 3.63) is 75.9 Å². The fraction of sp³-hybridized carbons (Fsp3) is 0.158. The van der Waals surface area contributed by atoms with Crippen molar-refractivity contribution in [2.75, 3.05) is 0 Å². The second-order valence-corrected chi connectivity index (χ2v) is 6.64. The molecule has 0 fully saturated rings. The van der Waals surface area contributed by atoms with Gasteiger partial charge in [0.05, 0.1) is 17.2 Å². The van der Waals surface area contributed by atoms with Crippen LogP contribution in [0, 0.1) is 25.2 Å². The maximum atomic E-state index is 12.6. The van der Waals surface area contributed by atoms with Crippen LogP contribution in [0.1, 0.15) is 31.9 Å². The van der Waals surface area contributed by atoms with E-state index in [0.29, 0.717) is 11.1 Å². The molecule has 0 amide bonds. The van der Waals surface area contributed by atoms with Crippen molar-refractivity contribution < 1.29 is 9.53 Å². The van der Waals surface area contributed by atoms with Crippen molar-refractivity contribution in [3.8, 4) is 11.1 Å². The van der Waals surface area contributed by atoms with Crippen LogP contribution in [0.2, 0.25) is 0 Å². The van der Waals surface area contributed by atoms with E-state index >= 15 is 0 Å². The molecule has 1 aromatic carbocycles. The highest BCUT2D eigenvalue weighted by Crippen LogP contribution is 2.31. The lowest BCUT2D eigenvalue weighted by Crippen LogP contribution is -2.09. The zero-order valence-corrected chi connectivity index (χ0v) is 14.3. The third-order valence-corrected chi connectivity index (χ3v) is 5.08. The number of rotatable bonds is 4. The van der Waals surface area contributed by atoms with Gasteiger partial charge in [-0.25, -0.2) is 4.79 Å². The van der Waals surface area contributed by atoms with E-state index in [1.165, 1.54) is 0 Å². The first-order valence-corrected chi connectivity index (χ1v) is 8.31. The fourth-order valence-corrected chi connectivity index (χ4v) is 3.51. The molecule has 0 saturated carbocycles. The molecule has 4 nitrogen and oxygen atoms in total. The first kappa shape index (κ1) is 16.0. The number of aromatic nitrogens is 1. The molecule has 0 aliphatic carbocycles. The average Bonchev–Trinajstić information content (AvgIpc) is 3.22. The maximum absolute atomic E-state index is 12.6. The molecule has 24 heavy (non-hydrogen) atoms. The van der Waals surface area contributed by atoms with Crippen molar-refractivity contribution >= 4 is 17.3 Å². The van der Waals surface area contributed by atoms with Gasteiger partial charge in [0.2, 0.25) is 0 Å². The van der Waals surface area contributed by atoms with Gasteiger partial charge in [-0.2, -0.15) is 5.26 Å². The maximum Gasteiger partial charge on any atom is 0.341 e. The summed E-state index contributed by atoms with van der Waals surface area (Å²) in [4.78, 5) is 13.7. The van der Waals surface area contributed by atoms with Gasteiger partial charge in [-0.1, -0.05) is 12.1 Å². The number of ether oxygens (including phenoxy) is 1. The third-order valence-electron chi connectivity index (χ3n) is 3.86. The fourth-order valence-electron chi connectivity index (χ4n) is 2.40. The first-order valence-electron chi connectivity index (χ1n) is 7.49. The van der Waals surface area contributed by atoms with Gasteiger partial charge in [-0.05, 0) is 49.2 Å². The molecule has 0 aliphatic rings. The summed E-state index contributed by atoms with van der Waals surface area (Å²) in [6.45, 7) is 4.13. The molecule has 3 rings (SSSR count). The number of esters is 1. The van der Waals surface area contributed by atoms with Crippen LogP contribution < -0.4 is 0 Å². The smallest absolute Gasteiger partial charge is 0.341 e. The highest BCUT2D eigenvalue weighted by Gasteiger charge is 2.21. The number of carbonyl (C=O) groups is 1. The van der Waals surface area contributed by atoms with Crippen molar-refractivity contribution in [1.29, 1.82) is 5.26 Å². The Bertz CT molecular complexity index is 900. The summed E-state index contributed by atoms with van der Waals surface area (Å²) < 4.78 is 7.43. The second-order valence-electron chi connectivity index (χ2n) is 5.44. The van der Waals surface area contributed by atoms with Crippen LogP contribution in [0.5, 0.6) is 0 Å². The van der Waals surface area contributed by atoms with Crippen molar-refractivity contribution in [2.45, 2.75) is 20.5 Å². The topological polar surface area (TPSA) is 55.0 Å². The minimum absolute atomic E-state index is 0.185. The van der Waals surface area contributed by atoms with Crippen LogP contribution in [-0.2, 0) is 11.3 Å². The summed E-state index contributed by atoms with van der Waals surface area (Å²) in [5.74, 6) is -0.329. The molecular formula is C19H16N2O2S. The Kier molecular flexibility index (Phi) is 4.50. The van der Waals surface area contributed by atoms with Gasteiger partial charge in [-0.3, -0.25) is 0 Å². The Morgan fingerprint density at radius 2 is 1.88 bits per heavy atom. The summed E-state index contributed by atoms with van der Waals surface area (Å²) in [7, 11) is 0. The Labute approximate surface area is 144 Å². The number of carbonyl (C=O) groups excluding carboxylic acids is 1. The highest BCUT2D eigenvalue weighted by atomic mass is 32.1. The number of benzene rings is 1. The number of hydrogen-bond acceptors (Lipinski definition) is 4. The zero-order chi connectivity index (χ0) is 17.1. The van der Waals surface area contributed by atoms with Crippen molar-refractivity contribution in [2.24, 2.45) is 0 Å². The van der Waals surface area contributed by atoms with E-state index in [4.69, 9.17) is 10.00 Å². The molecule has 2 aromatic heterocycles. The minimum atomic E-state index is -0.329. The van der Waals surface area contributed by atoms with E-state index in [2.05, 4.69) is 6.07 Å². The van der Waals surface area contributed by atoms with Crippen LogP contribution in [0.25, 0.3) is 5.00 Å². The Hall–Kier alpha value is -2.84. The van der Waals surface area contributed by atoms with E-state index in [1.54, 1.807) is 35.6 Å². The summed E-state index contributed by atoms with van der Waals surface area (Å²) in [5.41, 5.74) is 3.01. The molecule has 120 valence electrons. The largest absolute Gasteiger partial charge is 0.457 e. The SMILES string of the molecule is Cc1sc(-n2cccc2)c(C(=O)OCc2ccc(C#N)cc2)c1C. The van der Waals surface area contributed by atoms with Crippen LogP contribution >= 0.6 is 11.3 Å². The van der Waals surface area contributed by atoms with E-state index in [1.807, 2.05) is 42.9 Å². The Morgan fingerprint density at radius 1 is 1.21 bits per heavy atom. The molecule has 0 spiro atoms. The van der Waals surface area contributed by atoms with Gasteiger partial charge >= 0.3 is 5.97 Å². The summed E-state index contributed by atoms with van der Waals surface area (Å²) in [6, 6.07) is 12.9. The molecule has 0 saturated heterocycles. The lowest BCUT2D eigenvalue weighted by atomic mass is 10.1. The molecule has 0 unspecified atom stereocenters. The predicted octanol–water partition coefficient (Wildman–Crippen LogP) is 4.38. The van der Waals surface area contributed by atoms with Crippen LogP contribution in [0.3, 0.4) is 0 Å². The van der Waals surface area contributed by atoms with E-state index in [-0.39, 0.29) is 12.6 Å². The lowest BCUT2D eigenvalue weighted by Gasteiger charge is -2.08. The van der Waals surface area contributed by atoms with Crippen molar-refractivity contribution in [3.63, 3.8) is 0 Å². The summed E-state index contributed by atoms with van der Waals surface area (Å²) in [6.07, 6.45) is 3.84. The molecule has 0 atom stereocenters.